The molecule has 8 heteroatoms. The minimum absolute atomic E-state index is 0.0316. The Bertz CT molecular complexity index is 629. The second-order valence-electron chi connectivity index (χ2n) is 4.71. The SMILES string of the molecule is CCC(CC)CNC(=O)c1cc(Cl)c(Cl)c(S(N)(=O)=O)c1. The van der Waals surface area contributed by atoms with Gasteiger partial charge in [0.15, 0.2) is 0 Å². The van der Waals surface area contributed by atoms with Crippen molar-refractivity contribution in [1.82, 2.24) is 5.32 Å². The minimum Gasteiger partial charge on any atom is -0.352 e. The second-order valence-corrected chi connectivity index (χ2v) is 7.02. The number of nitrogens with one attached hydrogen (secondary N) is 1. The van der Waals surface area contributed by atoms with Crippen LogP contribution < -0.4 is 10.5 Å². The van der Waals surface area contributed by atoms with Crippen LogP contribution in [0.4, 0.5) is 0 Å². The van der Waals surface area contributed by atoms with E-state index in [-0.39, 0.29) is 20.5 Å². The Labute approximate surface area is 134 Å². The van der Waals surface area contributed by atoms with E-state index in [1.54, 1.807) is 0 Å². The molecule has 0 aromatic heterocycles. The summed E-state index contributed by atoms with van der Waals surface area (Å²) in [6.45, 7) is 4.59. The summed E-state index contributed by atoms with van der Waals surface area (Å²) in [5.74, 6) is -0.0419. The molecular formula is C13H18Cl2N2O3S. The number of carbonyl (C=O) groups excluding carboxylic acids is 1. The van der Waals surface area contributed by atoms with Crippen LogP contribution in [0.3, 0.4) is 0 Å². The third-order valence-electron chi connectivity index (χ3n) is 3.27. The molecule has 1 aromatic carbocycles. The smallest absolute Gasteiger partial charge is 0.251 e. The van der Waals surface area contributed by atoms with Gasteiger partial charge >= 0.3 is 0 Å². The Morgan fingerprint density at radius 1 is 1.29 bits per heavy atom. The molecule has 0 saturated carbocycles. The molecule has 1 aromatic rings. The van der Waals surface area contributed by atoms with E-state index in [1.807, 2.05) is 13.8 Å². The molecule has 5 nitrogen and oxygen atoms in total. The molecular weight excluding hydrogens is 335 g/mol. The van der Waals surface area contributed by atoms with Crippen LogP contribution in [0.1, 0.15) is 37.0 Å². The molecule has 1 rings (SSSR count). The minimum atomic E-state index is -4.05. The third kappa shape index (κ3) is 4.85. The summed E-state index contributed by atoms with van der Waals surface area (Å²) in [6, 6.07) is 2.45. The highest BCUT2D eigenvalue weighted by atomic mass is 35.5. The Balaban J connectivity index is 3.04. The Morgan fingerprint density at radius 2 is 1.86 bits per heavy atom. The fourth-order valence-corrected chi connectivity index (χ4v) is 3.18. The van der Waals surface area contributed by atoms with Crippen molar-refractivity contribution in [3.8, 4) is 0 Å². The number of benzene rings is 1. The number of nitrogens with two attached hydrogens (primary N) is 1. The summed E-state index contributed by atoms with van der Waals surface area (Å²) >= 11 is 11.7. The number of carbonyl (C=O) groups is 1. The maximum absolute atomic E-state index is 12.1. The van der Waals surface area contributed by atoms with Crippen LogP contribution in [-0.2, 0) is 10.0 Å². The van der Waals surface area contributed by atoms with Crippen LogP contribution in [0.5, 0.6) is 0 Å². The average molecular weight is 353 g/mol. The summed E-state index contributed by atoms with van der Waals surface area (Å²) in [7, 11) is -4.05. The van der Waals surface area contributed by atoms with Crippen molar-refractivity contribution in [2.75, 3.05) is 6.54 Å². The van der Waals surface area contributed by atoms with Crippen molar-refractivity contribution in [3.63, 3.8) is 0 Å². The van der Waals surface area contributed by atoms with Crippen LogP contribution in [0.15, 0.2) is 17.0 Å². The molecule has 0 radical (unpaired) electrons. The molecule has 0 aliphatic heterocycles. The maximum Gasteiger partial charge on any atom is 0.251 e. The largest absolute Gasteiger partial charge is 0.352 e. The summed E-state index contributed by atoms with van der Waals surface area (Å²) in [5.41, 5.74) is 0.111. The molecule has 0 aliphatic rings. The Kier molecular flexibility index (Phi) is 6.46. The van der Waals surface area contributed by atoms with Gasteiger partial charge in [0, 0.05) is 12.1 Å². The van der Waals surface area contributed by atoms with Crippen molar-refractivity contribution < 1.29 is 13.2 Å². The predicted octanol–water partition coefficient (Wildman–Crippen LogP) is 2.81. The normalized spacial score (nSPS) is 11.7. The van der Waals surface area contributed by atoms with Crippen molar-refractivity contribution in [3.05, 3.63) is 27.7 Å². The van der Waals surface area contributed by atoms with Gasteiger partial charge in [-0.1, -0.05) is 49.9 Å². The summed E-state index contributed by atoms with van der Waals surface area (Å²) in [6.07, 6.45) is 1.89. The van der Waals surface area contributed by atoms with Gasteiger partial charge in [0.2, 0.25) is 10.0 Å². The molecule has 0 unspecified atom stereocenters. The first-order valence-electron chi connectivity index (χ1n) is 6.50. The third-order valence-corrected chi connectivity index (χ3v) is 5.12. The number of primary sulfonamides is 1. The van der Waals surface area contributed by atoms with Gasteiger partial charge < -0.3 is 5.32 Å². The first-order chi connectivity index (χ1) is 9.70. The average Bonchev–Trinajstić information content (AvgIpc) is 2.41. The van der Waals surface area contributed by atoms with Crippen LogP contribution in [0.25, 0.3) is 0 Å². The van der Waals surface area contributed by atoms with Crippen LogP contribution >= 0.6 is 23.2 Å². The molecule has 21 heavy (non-hydrogen) atoms. The van der Waals surface area contributed by atoms with Gasteiger partial charge in [-0.15, -0.1) is 0 Å². The molecule has 1 amide bonds. The number of rotatable bonds is 6. The second kappa shape index (κ2) is 7.45. The first-order valence-corrected chi connectivity index (χ1v) is 8.80. The van der Waals surface area contributed by atoms with Gasteiger partial charge in [0.05, 0.1) is 10.0 Å². The molecule has 0 heterocycles. The van der Waals surface area contributed by atoms with Crippen molar-refractivity contribution in [2.24, 2.45) is 11.1 Å². The zero-order valence-electron chi connectivity index (χ0n) is 11.8. The maximum atomic E-state index is 12.1. The monoisotopic (exact) mass is 352 g/mol. The first kappa shape index (κ1) is 18.2. The quantitative estimate of drug-likeness (QED) is 0.824. The molecule has 118 valence electrons. The van der Waals surface area contributed by atoms with Gasteiger partial charge in [0.25, 0.3) is 5.91 Å². The summed E-state index contributed by atoms with van der Waals surface area (Å²) < 4.78 is 22.9. The lowest BCUT2D eigenvalue weighted by atomic mass is 10.0. The summed E-state index contributed by atoms with van der Waals surface area (Å²) in [5, 5.41) is 7.59. The predicted molar refractivity (Wildman–Crippen MR) is 84.2 cm³/mol. The molecule has 0 bridgehead atoms. The van der Waals surface area contributed by atoms with E-state index in [9.17, 15) is 13.2 Å². The highest BCUT2D eigenvalue weighted by Gasteiger charge is 2.20. The van der Waals surface area contributed by atoms with Crippen molar-refractivity contribution in [1.29, 1.82) is 0 Å². The van der Waals surface area contributed by atoms with Crippen molar-refractivity contribution in [2.45, 2.75) is 31.6 Å². The standard InChI is InChI=1S/C13H18Cl2N2O3S/c1-3-8(4-2)7-17-13(18)9-5-10(14)12(15)11(6-9)21(16,19)20/h5-6,8H,3-4,7H2,1-2H3,(H,17,18)(H2,16,19,20). The fourth-order valence-electron chi connectivity index (χ4n) is 1.82. The highest BCUT2D eigenvalue weighted by molar-refractivity contribution is 7.89. The van der Waals surface area contributed by atoms with E-state index >= 15 is 0 Å². The van der Waals surface area contributed by atoms with Gasteiger partial charge in [-0.2, -0.15) is 0 Å². The lowest BCUT2D eigenvalue weighted by Crippen LogP contribution is -2.29. The van der Waals surface area contributed by atoms with E-state index in [0.717, 1.165) is 18.9 Å². The molecule has 0 saturated heterocycles. The molecule has 0 spiro atoms. The van der Waals surface area contributed by atoms with Crippen molar-refractivity contribution >= 4 is 39.1 Å². The van der Waals surface area contributed by atoms with Crippen LogP contribution in [0, 0.1) is 5.92 Å². The molecule has 3 N–H and O–H groups in total. The Hall–Kier alpha value is -0.820. The van der Waals surface area contributed by atoms with Crippen LogP contribution in [0.2, 0.25) is 10.0 Å². The van der Waals surface area contributed by atoms with Gasteiger partial charge in [-0.05, 0) is 18.1 Å². The number of amides is 1. The van der Waals surface area contributed by atoms with E-state index < -0.39 is 15.9 Å². The fraction of sp³-hybridized carbons (Fsp3) is 0.462. The van der Waals surface area contributed by atoms with E-state index in [4.69, 9.17) is 28.3 Å². The van der Waals surface area contributed by atoms with E-state index in [0.29, 0.717) is 12.5 Å². The van der Waals surface area contributed by atoms with Crippen LogP contribution in [-0.4, -0.2) is 20.9 Å². The van der Waals surface area contributed by atoms with E-state index in [1.165, 1.54) is 6.07 Å². The van der Waals surface area contributed by atoms with Gasteiger partial charge in [-0.3, -0.25) is 4.79 Å². The highest BCUT2D eigenvalue weighted by Crippen LogP contribution is 2.30. The van der Waals surface area contributed by atoms with Gasteiger partial charge in [-0.25, -0.2) is 13.6 Å². The molecule has 0 fully saturated rings. The zero-order chi connectivity index (χ0) is 16.2. The number of hydrogen-bond donors (Lipinski definition) is 2. The number of hydrogen-bond acceptors (Lipinski definition) is 3. The zero-order valence-corrected chi connectivity index (χ0v) is 14.1. The number of sulfonamides is 1. The molecule has 0 atom stereocenters. The Morgan fingerprint density at radius 3 is 2.33 bits per heavy atom. The van der Waals surface area contributed by atoms with E-state index in [2.05, 4.69) is 5.32 Å². The molecule has 0 aliphatic carbocycles. The lowest BCUT2D eigenvalue weighted by Gasteiger charge is -2.14. The number of halogens is 2. The lowest BCUT2D eigenvalue weighted by molar-refractivity contribution is 0.0946. The topological polar surface area (TPSA) is 89.3 Å². The van der Waals surface area contributed by atoms with Gasteiger partial charge in [0.1, 0.15) is 4.90 Å². The summed E-state index contributed by atoms with van der Waals surface area (Å²) in [4.78, 5) is 11.7.